The molecule has 1 amide bonds. The zero-order chi connectivity index (χ0) is 17.8. The van der Waals surface area contributed by atoms with Gasteiger partial charge in [0.2, 0.25) is 5.91 Å². The summed E-state index contributed by atoms with van der Waals surface area (Å²) in [6, 6.07) is 8.24. The Labute approximate surface area is 146 Å². The Balaban J connectivity index is 1.70. The van der Waals surface area contributed by atoms with E-state index in [0.29, 0.717) is 19.6 Å². The van der Waals surface area contributed by atoms with Crippen molar-refractivity contribution in [2.24, 2.45) is 11.1 Å². The van der Waals surface area contributed by atoms with Crippen LogP contribution < -0.4 is 10.5 Å². The van der Waals surface area contributed by atoms with E-state index in [1.165, 1.54) is 5.56 Å². The predicted molar refractivity (Wildman–Crippen MR) is 98.2 cm³/mol. The highest BCUT2D eigenvalue weighted by Gasteiger charge is 2.34. The summed E-state index contributed by atoms with van der Waals surface area (Å²) in [7, 11) is 0. The second-order valence-electron chi connectivity index (χ2n) is 8.31. The number of hydrogen-bond acceptors (Lipinski definition) is 3. The number of hydrogen-bond donors (Lipinski definition) is 1. The van der Waals surface area contributed by atoms with Gasteiger partial charge in [-0.15, -0.1) is 0 Å². The van der Waals surface area contributed by atoms with E-state index in [1.54, 1.807) is 0 Å². The van der Waals surface area contributed by atoms with E-state index in [4.69, 9.17) is 10.5 Å². The molecule has 1 heterocycles. The third-order valence-electron chi connectivity index (χ3n) is 4.93. The molecular weight excluding hydrogens is 300 g/mol. The van der Waals surface area contributed by atoms with Crippen molar-refractivity contribution in [2.75, 3.05) is 26.2 Å². The molecule has 1 fully saturated rings. The van der Waals surface area contributed by atoms with Crippen molar-refractivity contribution in [2.45, 2.75) is 52.4 Å². The SMILES string of the molecule is CC1(CN)CCN(C(=O)CCCOc2ccc(C(C)(C)C)cc2)C1. The van der Waals surface area contributed by atoms with E-state index in [1.807, 2.05) is 17.0 Å². The quantitative estimate of drug-likeness (QED) is 0.813. The van der Waals surface area contributed by atoms with Gasteiger partial charge < -0.3 is 15.4 Å². The Morgan fingerprint density at radius 3 is 2.50 bits per heavy atom. The van der Waals surface area contributed by atoms with Gasteiger partial charge in [0, 0.05) is 19.5 Å². The minimum absolute atomic E-state index is 0.0982. The number of likely N-dealkylation sites (tertiary alicyclic amines) is 1. The third-order valence-corrected chi connectivity index (χ3v) is 4.93. The van der Waals surface area contributed by atoms with Crippen molar-refractivity contribution in [3.63, 3.8) is 0 Å². The molecule has 0 spiro atoms. The Bertz CT molecular complexity index is 548. The number of rotatable bonds is 6. The molecule has 0 aliphatic carbocycles. The Kier molecular flexibility index (Phi) is 5.92. The van der Waals surface area contributed by atoms with Crippen LogP contribution in [0, 0.1) is 5.41 Å². The third kappa shape index (κ3) is 4.97. The van der Waals surface area contributed by atoms with Gasteiger partial charge in [0.25, 0.3) is 0 Å². The minimum Gasteiger partial charge on any atom is -0.494 e. The lowest BCUT2D eigenvalue weighted by molar-refractivity contribution is -0.130. The highest BCUT2D eigenvalue weighted by Crippen LogP contribution is 2.29. The smallest absolute Gasteiger partial charge is 0.222 e. The van der Waals surface area contributed by atoms with Crippen LogP contribution in [0.3, 0.4) is 0 Å². The number of nitrogens with zero attached hydrogens (tertiary/aromatic N) is 1. The summed E-state index contributed by atoms with van der Waals surface area (Å²) < 4.78 is 5.76. The molecule has 1 aromatic carbocycles. The maximum Gasteiger partial charge on any atom is 0.222 e. The Morgan fingerprint density at radius 1 is 1.29 bits per heavy atom. The number of ether oxygens (including phenoxy) is 1. The summed E-state index contributed by atoms with van der Waals surface area (Å²) in [5, 5.41) is 0. The van der Waals surface area contributed by atoms with Crippen molar-refractivity contribution >= 4 is 5.91 Å². The first-order valence-electron chi connectivity index (χ1n) is 8.95. The maximum absolute atomic E-state index is 12.2. The van der Waals surface area contributed by atoms with E-state index in [0.717, 1.165) is 31.7 Å². The van der Waals surface area contributed by atoms with Crippen molar-refractivity contribution in [1.82, 2.24) is 4.90 Å². The van der Waals surface area contributed by atoms with E-state index in [-0.39, 0.29) is 16.7 Å². The van der Waals surface area contributed by atoms with Crippen LogP contribution in [0.4, 0.5) is 0 Å². The summed E-state index contributed by atoms with van der Waals surface area (Å²) in [4.78, 5) is 14.2. The molecule has 0 aromatic heterocycles. The molecule has 1 aromatic rings. The summed E-state index contributed by atoms with van der Waals surface area (Å²) in [6.45, 7) is 11.6. The van der Waals surface area contributed by atoms with E-state index < -0.39 is 0 Å². The molecule has 0 saturated carbocycles. The summed E-state index contributed by atoms with van der Waals surface area (Å²) in [6.07, 6.45) is 2.29. The molecule has 4 heteroatoms. The number of amides is 1. The fourth-order valence-electron chi connectivity index (χ4n) is 3.03. The molecule has 24 heavy (non-hydrogen) atoms. The largest absolute Gasteiger partial charge is 0.494 e. The van der Waals surface area contributed by atoms with Crippen molar-refractivity contribution in [3.8, 4) is 5.75 Å². The van der Waals surface area contributed by atoms with Crippen LogP contribution in [0.15, 0.2) is 24.3 Å². The fourth-order valence-corrected chi connectivity index (χ4v) is 3.03. The van der Waals surface area contributed by atoms with E-state index >= 15 is 0 Å². The molecule has 1 saturated heterocycles. The van der Waals surface area contributed by atoms with Crippen molar-refractivity contribution in [3.05, 3.63) is 29.8 Å². The van der Waals surface area contributed by atoms with Gasteiger partial charge in [-0.25, -0.2) is 0 Å². The summed E-state index contributed by atoms with van der Waals surface area (Å²) in [5.74, 6) is 1.09. The lowest BCUT2D eigenvalue weighted by Gasteiger charge is -2.22. The molecule has 0 radical (unpaired) electrons. The first kappa shape index (κ1) is 18.8. The van der Waals surface area contributed by atoms with Crippen molar-refractivity contribution < 1.29 is 9.53 Å². The molecule has 2 rings (SSSR count). The second-order valence-corrected chi connectivity index (χ2v) is 8.31. The molecular formula is C20H32N2O2. The fraction of sp³-hybridized carbons (Fsp3) is 0.650. The lowest BCUT2D eigenvalue weighted by atomic mass is 9.87. The summed E-state index contributed by atoms with van der Waals surface area (Å²) >= 11 is 0. The molecule has 4 nitrogen and oxygen atoms in total. The molecule has 1 aliphatic heterocycles. The number of carbonyl (C=O) groups is 1. The molecule has 1 unspecified atom stereocenters. The second kappa shape index (κ2) is 7.56. The van der Waals surface area contributed by atoms with Gasteiger partial charge in [-0.2, -0.15) is 0 Å². The van der Waals surface area contributed by atoms with Crippen molar-refractivity contribution in [1.29, 1.82) is 0 Å². The van der Waals surface area contributed by atoms with Crippen LogP contribution in [-0.4, -0.2) is 37.0 Å². The molecule has 2 N–H and O–H groups in total. The normalized spacial score (nSPS) is 21.1. The first-order chi connectivity index (χ1) is 11.2. The number of nitrogens with two attached hydrogens (primary N) is 1. The zero-order valence-electron chi connectivity index (χ0n) is 15.6. The number of benzene rings is 1. The Hall–Kier alpha value is -1.55. The average Bonchev–Trinajstić information content (AvgIpc) is 2.94. The van der Waals surface area contributed by atoms with Gasteiger partial charge >= 0.3 is 0 Å². The summed E-state index contributed by atoms with van der Waals surface area (Å²) in [5.41, 5.74) is 7.34. The topological polar surface area (TPSA) is 55.6 Å². The lowest BCUT2D eigenvalue weighted by Crippen LogP contribution is -2.34. The minimum atomic E-state index is 0.0982. The molecule has 134 valence electrons. The molecule has 1 atom stereocenters. The predicted octanol–water partition coefficient (Wildman–Crippen LogP) is 3.34. The highest BCUT2D eigenvalue weighted by atomic mass is 16.5. The highest BCUT2D eigenvalue weighted by molar-refractivity contribution is 5.76. The zero-order valence-corrected chi connectivity index (χ0v) is 15.6. The van der Waals surface area contributed by atoms with Gasteiger partial charge in [-0.1, -0.05) is 39.8 Å². The molecule has 1 aliphatic rings. The van der Waals surface area contributed by atoms with E-state index in [2.05, 4.69) is 39.8 Å². The van der Waals surface area contributed by atoms with E-state index in [9.17, 15) is 4.79 Å². The van der Waals surface area contributed by atoms with Gasteiger partial charge in [0.15, 0.2) is 0 Å². The standard InChI is InChI=1S/C20H32N2O2/c1-19(2,3)16-7-9-17(10-8-16)24-13-5-6-18(23)22-12-11-20(4,14-21)15-22/h7-10H,5-6,11-15,21H2,1-4H3. The van der Waals surface area contributed by atoms with Crippen LogP contribution in [-0.2, 0) is 10.2 Å². The Morgan fingerprint density at radius 2 is 1.96 bits per heavy atom. The number of carbonyl (C=O) groups excluding carboxylic acids is 1. The van der Waals surface area contributed by atoms with Gasteiger partial charge in [-0.3, -0.25) is 4.79 Å². The van der Waals surface area contributed by atoms with Crippen LogP contribution in [0.5, 0.6) is 5.75 Å². The average molecular weight is 332 g/mol. The van der Waals surface area contributed by atoms with Gasteiger partial charge in [0.1, 0.15) is 5.75 Å². The van der Waals surface area contributed by atoms with Gasteiger partial charge in [-0.05, 0) is 47.9 Å². The monoisotopic (exact) mass is 332 g/mol. The molecule has 0 bridgehead atoms. The van der Waals surface area contributed by atoms with Crippen LogP contribution in [0.25, 0.3) is 0 Å². The van der Waals surface area contributed by atoms with Gasteiger partial charge in [0.05, 0.1) is 6.61 Å². The van der Waals surface area contributed by atoms with Crippen LogP contribution in [0.1, 0.15) is 52.5 Å². The van der Waals surface area contributed by atoms with Crippen LogP contribution in [0.2, 0.25) is 0 Å². The maximum atomic E-state index is 12.2. The first-order valence-corrected chi connectivity index (χ1v) is 8.95. The van der Waals surface area contributed by atoms with Crippen LogP contribution >= 0.6 is 0 Å².